The highest BCUT2D eigenvalue weighted by Gasteiger charge is 2.42. The van der Waals surface area contributed by atoms with Crippen molar-refractivity contribution in [1.82, 2.24) is 9.55 Å². The Bertz CT molecular complexity index is 1300. The summed E-state index contributed by atoms with van der Waals surface area (Å²) < 4.78 is 28.7. The van der Waals surface area contributed by atoms with E-state index in [0.717, 1.165) is 6.07 Å². The average molecular weight is 369 g/mol. The van der Waals surface area contributed by atoms with E-state index in [-0.39, 0.29) is 41.5 Å². The van der Waals surface area contributed by atoms with E-state index in [4.69, 9.17) is 11.8 Å². The molecule has 2 aromatic heterocycles. The van der Waals surface area contributed by atoms with E-state index in [1.54, 1.807) is 0 Å². The van der Waals surface area contributed by atoms with Gasteiger partial charge in [0.1, 0.15) is 12.4 Å². The number of nitrogen functional groups attached to an aromatic ring is 1. The van der Waals surface area contributed by atoms with Crippen LogP contribution in [0.15, 0.2) is 29.0 Å². The number of anilines is 1. The first kappa shape index (κ1) is 14.9. The Morgan fingerprint density at radius 1 is 1.41 bits per heavy atom. The van der Waals surface area contributed by atoms with Crippen LogP contribution < -0.4 is 11.3 Å². The summed E-state index contributed by atoms with van der Waals surface area (Å²) in [7, 11) is 0. The molecule has 1 aromatic carbocycles. The zero-order chi connectivity index (χ0) is 20.0. The van der Waals surface area contributed by atoms with Gasteiger partial charge in [0, 0.05) is 22.6 Å². The number of rotatable bonds is 0. The highest BCUT2D eigenvalue weighted by Crippen LogP contribution is 2.37. The minimum absolute atomic E-state index is 0.0856. The van der Waals surface area contributed by atoms with Crippen molar-refractivity contribution in [3.8, 4) is 11.4 Å². The first-order chi connectivity index (χ1) is 13.2. The molecule has 0 fully saturated rings. The third kappa shape index (κ3) is 2.01. The van der Waals surface area contributed by atoms with Crippen molar-refractivity contribution in [2.24, 2.45) is 0 Å². The van der Waals surface area contributed by atoms with Gasteiger partial charge in [0.15, 0.2) is 5.60 Å². The van der Waals surface area contributed by atoms with E-state index in [2.05, 4.69) is 4.98 Å². The number of carbonyl (C=O) groups is 1. The number of benzene rings is 1. The zero-order valence-corrected chi connectivity index (χ0v) is 14.2. The number of hydrogen-bond acceptors (Lipinski definition) is 6. The van der Waals surface area contributed by atoms with Crippen LogP contribution in [0.1, 0.15) is 25.0 Å². The second-order valence-electron chi connectivity index (χ2n) is 6.92. The van der Waals surface area contributed by atoms with Gasteiger partial charge in [0.2, 0.25) is 0 Å². The third-order valence-corrected chi connectivity index (χ3v) is 5.15. The second-order valence-corrected chi connectivity index (χ2v) is 6.92. The molecule has 2 aliphatic rings. The Morgan fingerprint density at radius 2 is 2.19 bits per heavy atom. The van der Waals surface area contributed by atoms with Gasteiger partial charge in [0.25, 0.3) is 5.56 Å². The minimum atomic E-state index is -1.97. The molecular weight excluding hydrogens is 353 g/mol. The quantitative estimate of drug-likeness (QED) is 0.358. The van der Waals surface area contributed by atoms with Crippen LogP contribution in [-0.2, 0) is 28.3 Å². The monoisotopic (exact) mass is 369 g/mol. The molecule has 0 unspecified atom stereocenters. The number of aromatic nitrogens is 2. The number of fused-ring (bicyclic) bond motifs is 5. The molecule has 0 bridgehead atoms. The second kappa shape index (κ2) is 4.92. The molecule has 4 heterocycles. The fourth-order valence-corrected chi connectivity index (χ4v) is 3.67. The summed E-state index contributed by atoms with van der Waals surface area (Å²) >= 11 is 0. The predicted octanol–water partition coefficient (Wildman–Crippen LogP) is 1.41. The topological polar surface area (TPSA) is 107 Å². The number of halogens is 1. The molecular formula is C19H14FN3O4. The molecule has 0 radical (unpaired) electrons. The van der Waals surface area contributed by atoms with E-state index in [0.29, 0.717) is 22.3 Å². The molecule has 0 saturated carbocycles. The number of hydrogen-bond donors (Lipinski definition) is 2. The van der Waals surface area contributed by atoms with E-state index in [9.17, 15) is 19.1 Å². The fraction of sp³-hybridized carbons (Fsp3) is 0.211. The Kier molecular flexibility index (Phi) is 2.71. The first-order valence-corrected chi connectivity index (χ1v) is 8.25. The minimum Gasteiger partial charge on any atom is -0.458 e. The van der Waals surface area contributed by atoms with Crippen LogP contribution in [0.3, 0.4) is 0 Å². The smallest absolute Gasteiger partial charge is 0.342 e. The summed E-state index contributed by atoms with van der Waals surface area (Å²) in [5, 5.41) is 10.9. The lowest BCUT2D eigenvalue weighted by molar-refractivity contribution is -0.169. The maximum Gasteiger partial charge on any atom is 0.342 e. The molecule has 3 aromatic rings. The highest BCUT2D eigenvalue weighted by atomic mass is 19.1. The van der Waals surface area contributed by atoms with Gasteiger partial charge in [-0.05, 0) is 25.1 Å². The van der Waals surface area contributed by atoms with Crippen molar-refractivity contribution in [1.29, 1.82) is 0 Å². The van der Waals surface area contributed by atoms with Gasteiger partial charge in [-0.2, -0.15) is 0 Å². The van der Waals surface area contributed by atoms with Crippen molar-refractivity contribution in [2.45, 2.75) is 25.7 Å². The summed E-state index contributed by atoms with van der Waals surface area (Å²) in [6, 6.07) is 4.13. The number of nitrogens with zero attached hydrogens (tertiary/aromatic N) is 2. The number of pyridine rings is 2. The molecule has 0 aliphatic carbocycles. The lowest BCUT2D eigenvalue weighted by Gasteiger charge is -2.29. The van der Waals surface area contributed by atoms with Gasteiger partial charge >= 0.3 is 5.97 Å². The standard InChI is InChI=1S/C19H14FN3O4/c1-19(26)11-4-15-16-9(2-8-3-13(21)12(20)5-14(8)22-16)6-23(15)17(24)10(11)7-27-18(19)25/h2-5,26H,6-7,21H2,1H3/t19-/m0/s1/i2T. The predicted molar refractivity (Wildman–Crippen MR) is 94.3 cm³/mol. The van der Waals surface area contributed by atoms with Gasteiger partial charge < -0.3 is 20.1 Å². The maximum atomic E-state index is 13.9. The number of ether oxygens (including phenoxy) is 1. The van der Waals surface area contributed by atoms with Crippen molar-refractivity contribution in [3.05, 3.63) is 57.1 Å². The summed E-state index contributed by atoms with van der Waals surface area (Å²) in [6.45, 7) is 1.14. The first-order valence-electron chi connectivity index (χ1n) is 8.75. The van der Waals surface area contributed by atoms with E-state index in [1.165, 1.54) is 23.6 Å². The van der Waals surface area contributed by atoms with Crippen LogP contribution in [0, 0.1) is 5.82 Å². The van der Waals surface area contributed by atoms with Crippen LogP contribution >= 0.6 is 0 Å². The Morgan fingerprint density at radius 3 is 2.96 bits per heavy atom. The zero-order valence-electron chi connectivity index (χ0n) is 15.2. The van der Waals surface area contributed by atoms with E-state index < -0.39 is 22.9 Å². The summed E-state index contributed by atoms with van der Waals surface area (Å²) in [5.41, 5.74) is 4.92. The molecule has 0 spiro atoms. The molecule has 2 aliphatic heterocycles. The van der Waals surface area contributed by atoms with Gasteiger partial charge in [0.05, 0.1) is 36.1 Å². The van der Waals surface area contributed by atoms with Crippen LogP contribution in [0.4, 0.5) is 10.1 Å². The van der Waals surface area contributed by atoms with Gasteiger partial charge in [-0.3, -0.25) is 4.79 Å². The van der Waals surface area contributed by atoms with Gasteiger partial charge in [-0.15, -0.1) is 0 Å². The molecule has 136 valence electrons. The van der Waals surface area contributed by atoms with Gasteiger partial charge in [-0.1, -0.05) is 0 Å². The van der Waals surface area contributed by atoms with E-state index in [1.807, 2.05) is 0 Å². The lowest BCUT2D eigenvalue weighted by atomic mass is 9.90. The number of esters is 1. The Hall–Kier alpha value is -3.26. The maximum absolute atomic E-state index is 13.9. The number of cyclic esters (lactones) is 1. The number of carbonyl (C=O) groups excluding carboxylic acids is 1. The molecule has 8 heteroatoms. The Balaban J connectivity index is 1.84. The largest absolute Gasteiger partial charge is 0.458 e. The molecule has 5 rings (SSSR count). The molecule has 27 heavy (non-hydrogen) atoms. The van der Waals surface area contributed by atoms with Gasteiger partial charge in [-0.25, -0.2) is 14.2 Å². The van der Waals surface area contributed by atoms with Crippen LogP contribution in [-0.4, -0.2) is 20.6 Å². The molecule has 3 N–H and O–H groups in total. The number of aliphatic hydroxyl groups is 1. The summed E-state index contributed by atoms with van der Waals surface area (Å²) in [6.07, 6.45) is 0. The SMILES string of the molecule is [3H]c1c2c(nc3cc(F)c(N)cc13)-c1cc3c(c(=O)n1C2)COC(=O)[C@@]3(C)O. The number of nitrogens with two attached hydrogens (primary N) is 1. The van der Waals surface area contributed by atoms with Crippen molar-refractivity contribution in [2.75, 3.05) is 5.73 Å². The molecule has 7 nitrogen and oxygen atoms in total. The molecule has 0 amide bonds. The normalized spacial score (nSPS) is 20.7. The average Bonchev–Trinajstić information content (AvgIpc) is 3.01. The highest BCUT2D eigenvalue weighted by molar-refractivity contribution is 5.87. The van der Waals surface area contributed by atoms with Crippen LogP contribution in [0.2, 0.25) is 0 Å². The summed E-state index contributed by atoms with van der Waals surface area (Å²) in [4.78, 5) is 29.4. The molecule has 0 saturated heterocycles. The summed E-state index contributed by atoms with van der Waals surface area (Å²) in [5.74, 6) is -1.49. The Labute approximate surface area is 153 Å². The third-order valence-electron chi connectivity index (χ3n) is 5.15. The molecule has 1 atom stereocenters. The van der Waals surface area contributed by atoms with Crippen molar-refractivity contribution in [3.63, 3.8) is 0 Å². The van der Waals surface area contributed by atoms with Crippen LogP contribution in [0.25, 0.3) is 22.3 Å². The fourth-order valence-electron chi connectivity index (χ4n) is 3.67. The van der Waals surface area contributed by atoms with E-state index >= 15 is 0 Å². The lowest BCUT2D eigenvalue weighted by Crippen LogP contribution is -2.42. The van der Waals surface area contributed by atoms with Crippen molar-refractivity contribution < 1.29 is 20.4 Å². The van der Waals surface area contributed by atoms with Crippen molar-refractivity contribution >= 4 is 22.6 Å². The van der Waals surface area contributed by atoms with Crippen LogP contribution in [0.5, 0.6) is 0 Å².